The first-order valence-electron chi connectivity index (χ1n) is 11.8. The summed E-state index contributed by atoms with van der Waals surface area (Å²) in [6.45, 7) is 1.78. The zero-order valence-corrected chi connectivity index (χ0v) is 18.6. The molecular weight excluding hydrogens is 416 g/mol. The molecule has 4 heterocycles. The number of pyridine rings is 2. The molecule has 1 aliphatic rings. The fourth-order valence-corrected chi connectivity index (χ4v) is 5.37. The van der Waals surface area contributed by atoms with Crippen molar-refractivity contribution in [3.8, 4) is 11.1 Å². The molecule has 1 fully saturated rings. The lowest BCUT2D eigenvalue weighted by Gasteiger charge is -2.21. The third kappa shape index (κ3) is 3.14. The Morgan fingerprint density at radius 1 is 1.03 bits per heavy atom. The smallest absolute Gasteiger partial charge is 0.274 e. The van der Waals surface area contributed by atoms with Gasteiger partial charge in [0.1, 0.15) is 11.2 Å². The maximum atomic E-state index is 13.4. The number of nitrogens with one attached hydrogen (secondary N) is 2. The quantitative estimate of drug-likeness (QED) is 0.373. The molecule has 0 aliphatic heterocycles. The van der Waals surface area contributed by atoms with Crippen molar-refractivity contribution < 1.29 is 4.42 Å². The van der Waals surface area contributed by atoms with Crippen molar-refractivity contribution in [1.29, 1.82) is 0 Å². The van der Waals surface area contributed by atoms with Gasteiger partial charge in [-0.1, -0.05) is 38.2 Å². The van der Waals surface area contributed by atoms with E-state index >= 15 is 0 Å². The van der Waals surface area contributed by atoms with Gasteiger partial charge in [-0.3, -0.25) is 24.4 Å². The van der Waals surface area contributed by atoms with Crippen molar-refractivity contribution in [3.05, 3.63) is 62.8 Å². The fraction of sp³-hybridized carbons (Fsp3) is 0.346. The number of H-pyrrole nitrogens is 2. The highest BCUT2D eigenvalue weighted by Crippen LogP contribution is 2.39. The monoisotopic (exact) mass is 442 g/mol. The summed E-state index contributed by atoms with van der Waals surface area (Å²) >= 11 is 0. The zero-order chi connectivity index (χ0) is 22.5. The summed E-state index contributed by atoms with van der Waals surface area (Å²) in [7, 11) is 0. The molecule has 0 atom stereocenters. The first-order valence-corrected chi connectivity index (χ1v) is 11.8. The summed E-state index contributed by atoms with van der Waals surface area (Å²) in [6.07, 6.45) is 11.6. The fourth-order valence-electron chi connectivity index (χ4n) is 5.37. The molecule has 0 amide bonds. The summed E-state index contributed by atoms with van der Waals surface area (Å²) in [5.41, 5.74) is 4.55. The molecule has 7 heteroatoms. The van der Waals surface area contributed by atoms with Gasteiger partial charge in [0.2, 0.25) is 0 Å². The van der Waals surface area contributed by atoms with E-state index in [9.17, 15) is 9.59 Å². The molecule has 4 aromatic heterocycles. The summed E-state index contributed by atoms with van der Waals surface area (Å²) in [5, 5.41) is 4.54. The van der Waals surface area contributed by atoms with Crippen LogP contribution < -0.4 is 11.0 Å². The predicted octanol–water partition coefficient (Wildman–Crippen LogP) is 5.57. The van der Waals surface area contributed by atoms with E-state index in [4.69, 9.17) is 4.42 Å². The number of aromatic amines is 2. The molecule has 5 aromatic rings. The first-order chi connectivity index (χ1) is 16.1. The Hall–Kier alpha value is -3.61. The number of aromatic nitrogens is 4. The number of hydrogen-bond donors (Lipinski definition) is 2. The third-order valence-corrected chi connectivity index (χ3v) is 7.09. The second-order valence-electron chi connectivity index (χ2n) is 9.15. The molecule has 0 saturated heterocycles. The molecule has 1 saturated carbocycles. The Morgan fingerprint density at radius 3 is 2.58 bits per heavy atom. The van der Waals surface area contributed by atoms with E-state index in [1.165, 1.54) is 19.3 Å². The third-order valence-electron chi connectivity index (χ3n) is 7.09. The van der Waals surface area contributed by atoms with E-state index in [0.29, 0.717) is 27.7 Å². The lowest BCUT2D eigenvalue weighted by Crippen LogP contribution is -2.15. The van der Waals surface area contributed by atoms with Crippen LogP contribution in [0.3, 0.4) is 0 Å². The lowest BCUT2D eigenvalue weighted by molar-refractivity contribution is 0.353. The van der Waals surface area contributed by atoms with Gasteiger partial charge in [-0.15, -0.1) is 0 Å². The van der Waals surface area contributed by atoms with Gasteiger partial charge in [-0.05, 0) is 38.0 Å². The average Bonchev–Trinajstić information content (AvgIpc) is 3.34. The van der Waals surface area contributed by atoms with E-state index in [1.54, 1.807) is 31.5 Å². The normalized spacial score (nSPS) is 15.9. The van der Waals surface area contributed by atoms with Gasteiger partial charge in [0.15, 0.2) is 11.0 Å². The van der Waals surface area contributed by atoms with Crippen LogP contribution in [0.25, 0.3) is 44.2 Å². The Labute approximate surface area is 189 Å². The van der Waals surface area contributed by atoms with Gasteiger partial charge in [-0.25, -0.2) is 0 Å². The molecule has 1 aromatic carbocycles. The van der Waals surface area contributed by atoms with Crippen LogP contribution in [0.4, 0.5) is 0 Å². The highest BCUT2D eigenvalue weighted by atomic mass is 16.3. The Morgan fingerprint density at radius 2 is 1.82 bits per heavy atom. The molecular formula is C26H26N4O3. The van der Waals surface area contributed by atoms with Crippen LogP contribution in [0.15, 0.2) is 50.7 Å². The standard InChI is InChI=1S/C26H26N4O3/c1-15-19(31)12-11-18-22-24(33-23(15)18)20(16-8-7-13-27-14-16)21-25(28-22)30(29-26(21)32)17-9-5-3-2-4-6-10-17/h7-8,11-14,17,28H,2-6,9-10H2,1H3,(H,29,32). The minimum absolute atomic E-state index is 0.0640. The maximum Gasteiger partial charge on any atom is 0.274 e. The number of hydrogen-bond acceptors (Lipinski definition) is 4. The van der Waals surface area contributed by atoms with Gasteiger partial charge >= 0.3 is 0 Å². The first kappa shape index (κ1) is 20.0. The highest BCUT2D eigenvalue weighted by Gasteiger charge is 2.25. The van der Waals surface area contributed by atoms with Crippen LogP contribution in [0.2, 0.25) is 0 Å². The van der Waals surface area contributed by atoms with Crippen LogP contribution in [-0.4, -0.2) is 19.7 Å². The molecule has 1 aliphatic carbocycles. The maximum absolute atomic E-state index is 13.4. The van der Waals surface area contributed by atoms with Crippen molar-refractivity contribution in [2.24, 2.45) is 0 Å². The van der Waals surface area contributed by atoms with E-state index in [2.05, 4.69) is 15.1 Å². The molecule has 168 valence electrons. The highest BCUT2D eigenvalue weighted by molar-refractivity contribution is 6.14. The summed E-state index contributed by atoms with van der Waals surface area (Å²) < 4.78 is 8.32. The number of fused-ring (bicyclic) bond motifs is 4. The zero-order valence-electron chi connectivity index (χ0n) is 18.6. The molecule has 0 unspecified atom stereocenters. The van der Waals surface area contributed by atoms with E-state index in [-0.39, 0.29) is 17.0 Å². The van der Waals surface area contributed by atoms with Crippen LogP contribution in [0.1, 0.15) is 56.6 Å². The number of nitrogens with zero attached hydrogens (tertiary/aromatic N) is 2. The van der Waals surface area contributed by atoms with E-state index < -0.39 is 0 Å². The second-order valence-corrected chi connectivity index (χ2v) is 9.15. The largest absolute Gasteiger partial charge is 0.453 e. The minimum Gasteiger partial charge on any atom is -0.453 e. The molecule has 7 nitrogen and oxygen atoms in total. The molecule has 2 N–H and O–H groups in total. The SMILES string of the molecule is Cc1c(=O)ccc2c1oc1c(-c3cccnc3)c3c(=O)[nH]n(C4CCCCCCC4)c3[nH]c12. The average molecular weight is 443 g/mol. The molecule has 33 heavy (non-hydrogen) atoms. The van der Waals surface area contributed by atoms with Gasteiger partial charge in [0, 0.05) is 34.5 Å². The van der Waals surface area contributed by atoms with Gasteiger partial charge < -0.3 is 9.40 Å². The van der Waals surface area contributed by atoms with Crippen LogP contribution >= 0.6 is 0 Å². The Kier molecular flexibility index (Phi) is 4.71. The Balaban J connectivity index is 1.73. The van der Waals surface area contributed by atoms with Crippen molar-refractivity contribution in [2.75, 3.05) is 0 Å². The van der Waals surface area contributed by atoms with Crippen molar-refractivity contribution in [1.82, 2.24) is 19.7 Å². The summed E-state index contributed by atoms with van der Waals surface area (Å²) in [4.78, 5) is 33.5. The van der Waals surface area contributed by atoms with Crippen molar-refractivity contribution in [3.63, 3.8) is 0 Å². The minimum atomic E-state index is -0.147. The molecule has 0 bridgehead atoms. The van der Waals surface area contributed by atoms with Crippen LogP contribution in [0.5, 0.6) is 0 Å². The molecule has 0 spiro atoms. The Bertz CT molecular complexity index is 1600. The number of rotatable bonds is 2. The number of aryl methyl sites for hydroxylation is 1. The van der Waals surface area contributed by atoms with Gasteiger partial charge in [-0.2, -0.15) is 0 Å². The van der Waals surface area contributed by atoms with Crippen molar-refractivity contribution in [2.45, 2.75) is 57.9 Å². The van der Waals surface area contributed by atoms with Crippen LogP contribution in [0, 0.1) is 6.92 Å². The topological polar surface area (TPSA) is 96.7 Å². The van der Waals surface area contributed by atoms with Gasteiger partial charge in [0.25, 0.3) is 5.56 Å². The number of furan rings is 1. The summed E-state index contributed by atoms with van der Waals surface area (Å²) in [6, 6.07) is 7.41. The predicted molar refractivity (Wildman–Crippen MR) is 130 cm³/mol. The van der Waals surface area contributed by atoms with Crippen LogP contribution in [-0.2, 0) is 0 Å². The van der Waals surface area contributed by atoms with Crippen molar-refractivity contribution >= 4 is 33.1 Å². The lowest BCUT2D eigenvalue weighted by atomic mass is 9.97. The molecule has 6 rings (SSSR count). The van der Waals surface area contributed by atoms with E-state index in [1.807, 2.05) is 16.8 Å². The molecule has 0 radical (unpaired) electrons. The van der Waals surface area contributed by atoms with Gasteiger partial charge in [0.05, 0.1) is 16.9 Å². The second kappa shape index (κ2) is 7.76. The number of benzene rings is 1. The van der Waals surface area contributed by atoms with E-state index in [0.717, 1.165) is 47.8 Å². The summed E-state index contributed by atoms with van der Waals surface area (Å²) in [5.74, 6) is 0.